The van der Waals surface area contributed by atoms with Crippen molar-refractivity contribution in [2.24, 2.45) is 11.8 Å². The average molecular weight is 442 g/mol. The molecule has 0 heterocycles. The minimum Gasteiger partial charge on any atom is -0.0654 e. The first-order chi connectivity index (χ1) is 11.2. The summed E-state index contributed by atoms with van der Waals surface area (Å²) in [6, 6.07) is 8.99. The second kappa shape index (κ2) is 10.7. The molecule has 0 atom stereocenters. The second-order valence-corrected chi connectivity index (χ2v) is 9.87. The summed E-state index contributed by atoms with van der Waals surface area (Å²) in [7, 11) is 0. The highest BCUT2D eigenvalue weighted by atomic mass is 79.9. The van der Waals surface area contributed by atoms with E-state index in [0.29, 0.717) is 0 Å². The van der Waals surface area contributed by atoms with Crippen molar-refractivity contribution in [2.75, 3.05) is 0 Å². The number of aryl methyl sites for hydroxylation is 1. The highest BCUT2D eigenvalue weighted by Gasteiger charge is 2.20. The molecule has 2 heteroatoms. The fourth-order valence-electron chi connectivity index (χ4n) is 3.77. The number of hydrogen-bond acceptors (Lipinski definition) is 0. The van der Waals surface area contributed by atoms with Gasteiger partial charge in [0, 0.05) is 0 Å². The van der Waals surface area contributed by atoms with Crippen LogP contribution in [0.15, 0.2) is 27.7 Å². The topological polar surface area (TPSA) is 0 Å². The fourth-order valence-corrected chi connectivity index (χ4v) is 4.30. The first-order valence-electron chi connectivity index (χ1n) is 9.29. The van der Waals surface area contributed by atoms with Gasteiger partial charge in [-0.05, 0) is 73.7 Å². The van der Waals surface area contributed by atoms with Crippen molar-refractivity contribution >= 4 is 37.9 Å². The molecule has 1 fully saturated rings. The van der Waals surface area contributed by atoms with Crippen LogP contribution in [0.25, 0.3) is 6.08 Å². The Morgan fingerprint density at radius 2 is 1.57 bits per heavy atom. The lowest BCUT2D eigenvalue weighted by Crippen LogP contribution is -2.15. The molecule has 23 heavy (non-hydrogen) atoms. The second-order valence-electron chi connectivity index (χ2n) is 7.10. The Labute approximate surface area is 159 Å². The van der Waals surface area contributed by atoms with Gasteiger partial charge in [-0.3, -0.25) is 0 Å². The lowest BCUT2D eigenvalue weighted by Gasteiger charge is -2.28. The largest absolute Gasteiger partial charge is 0.0654 e. The summed E-state index contributed by atoms with van der Waals surface area (Å²) in [6.45, 7) is 2.30. The zero-order valence-corrected chi connectivity index (χ0v) is 17.5. The van der Waals surface area contributed by atoms with Crippen molar-refractivity contribution in [2.45, 2.75) is 71.1 Å². The van der Waals surface area contributed by atoms with Crippen LogP contribution in [0.5, 0.6) is 0 Å². The molecular formula is C21H30Br2. The highest BCUT2D eigenvalue weighted by Crippen LogP contribution is 2.34. The summed E-state index contributed by atoms with van der Waals surface area (Å²) < 4.78 is 0.994. The smallest absolute Gasteiger partial charge is 0.0610 e. The van der Waals surface area contributed by atoms with Gasteiger partial charge in [0.1, 0.15) is 0 Å². The molecule has 0 saturated heterocycles. The predicted molar refractivity (Wildman–Crippen MR) is 110 cm³/mol. The van der Waals surface area contributed by atoms with Crippen LogP contribution in [0.2, 0.25) is 0 Å². The standard InChI is InChI=1S/C21H30Br2/c1-2-3-4-5-17-6-8-18(9-7-17)10-11-19-12-14-20(15-13-19)16-21(22)23/h12-18H,2-11H2,1H3. The van der Waals surface area contributed by atoms with E-state index < -0.39 is 0 Å². The molecule has 0 N–H and O–H groups in total. The Bertz CT molecular complexity index is 463. The molecule has 1 aliphatic carbocycles. The lowest BCUT2D eigenvalue weighted by atomic mass is 9.78. The van der Waals surface area contributed by atoms with Crippen LogP contribution in [-0.2, 0) is 6.42 Å². The molecule has 2 rings (SSSR count). The molecular weight excluding hydrogens is 412 g/mol. The zero-order chi connectivity index (χ0) is 16.5. The van der Waals surface area contributed by atoms with Gasteiger partial charge in [-0.1, -0.05) is 82.6 Å². The monoisotopic (exact) mass is 440 g/mol. The first kappa shape index (κ1) is 19.2. The number of hydrogen-bond donors (Lipinski definition) is 0. The Hall–Kier alpha value is -0.0800. The van der Waals surface area contributed by atoms with Crippen molar-refractivity contribution in [3.05, 3.63) is 38.8 Å². The fraction of sp³-hybridized carbons (Fsp3) is 0.619. The number of halogens is 2. The van der Waals surface area contributed by atoms with Crippen LogP contribution in [-0.4, -0.2) is 0 Å². The molecule has 0 amide bonds. The van der Waals surface area contributed by atoms with E-state index in [0.717, 1.165) is 15.2 Å². The Balaban J connectivity index is 1.68. The third kappa shape index (κ3) is 7.56. The summed E-state index contributed by atoms with van der Waals surface area (Å²) >= 11 is 6.83. The molecule has 0 bridgehead atoms. The summed E-state index contributed by atoms with van der Waals surface area (Å²) in [4.78, 5) is 0. The van der Waals surface area contributed by atoms with Crippen molar-refractivity contribution in [1.29, 1.82) is 0 Å². The summed E-state index contributed by atoms with van der Waals surface area (Å²) in [5, 5.41) is 0. The van der Waals surface area contributed by atoms with E-state index in [1.807, 2.05) is 0 Å². The van der Waals surface area contributed by atoms with Crippen LogP contribution in [0, 0.1) is 11.8 Å². The van der Waals surface area contributed by atoms with Gasteiger partial charge in [-0.2, -0.15) is 0 Å². The van der Waals surface area contributed by atoms with Crippen LogP contribution < -0.4 is 0 Å². The van der Waals surface area contributed by atoms with Crippen molar-refractivity contribution in [3.8, 4) is 0 Å². The number of unbranched alkanes of at least 4 members (excludes halogenated alkanes) is 2. The molecule has 1 aromatic rings. The molecule has 0 unspecified atom stereocenters. The maximum absolute atomic E-state index is 3.41. The first-order valence-corrected chi connectivity index (χ1v) is 10.9. The van der Waals surface area contributed by atoms with Crippen molar-refractivity contribution in [3.63, 3.8) is 0 Å². The van der Waals surface area contributed by atoms with Gasteiger partial charge in [0.15, 0.2) is 0 Å². The predicted octanol–water partition coefficient (Wildman–Crippen LogP) is 8.09. The summed E-state index contributed by atoms with van der Waals surface area (Å²) in [5.74, 6) is 2.00. The minimum absolute atomic E-state index is 0.966. The molecule has 0 nitrogen and oxygen atoms in total. The molecule has 0 aromatic heterocycles. The zero-order valence-electron chi connectivity index (χ0n) is 14.4. The van der Waals surface area contributed by atoms with Crippen molar-refractivity contribution < 1.29 is 0 Å². The lowest BCUT2D eigenvalue weighted by molar-refractivity contribution is 0.249. The van der Waals surface area contributed by atoms with Gasteiger partial charge in [-0.25, -0.2) is 0 Å². The molecule has 1 aliphatic rings. The van der Waals surface area contributed by atoms with E-state index in [-0.39, 0.29) is 0 Å². The summed E-state index contributed by atoms with van der Waals surface area (Å²) in [6.07, 6.45) is 16.3. The van der Waals surface area contributed by atoms with Gasteiger partial charge >= 0.3 is 0 Å². The maximum atomic E-state index is 3.41. The molecule has 1 aromatic carbocycles. The highest BCUT2D eigenvalue weighted by molar-refractivity contribution is 9.28. The quantitative estimate of drug-likeness (QED) is 0.357. The third-order valence-electron chi connectivity index (χ3n) is 5.28. The van der Waals surface area contributed by atoms with Crippen LogP contribution in [0.3, 0.4) is 0 Å². The molecule has 0 aliphatic heterocycles. The third-order valence-corrected chi connectivity index (χ3v) is 5.74. The molecule has 128 valence electrons. The van der Waals surface area contributed by atoms with E-state index >= 15 is 0 Å². The molecule has 1 saturated carbocycles. The molecule has 0 radical (unpaired) electrons. The Morgan fingerprint density at radius 1 is 0.957 bits per heavy atom. The average Bonchev–Trinajstić information content (AvgIpc) is 2.55. The van der Waals surface area contributed by atoms with Gasteiger partial charge in [0.25, 0.3) is 0 Å². The van der Waals surface area contributed by atoms with Crippen LogP contribution in [0.1, 0.15) is 75.8 Å². The minimum atomic E-state index is 0.966. The summed E-state index contributed by atoms with van der Waals surface area (Å²) in [5.41, 5.74) is 2.73. The van der Waals surface area contributed by atoms with E-state index in [4.69, 9.17) is 0 Å². The van der Waals surface area contributed by atoms with Crippen LogP contribution >= 0.6 is 31.9 Å². The van der Waals surface area contributed by atoms with E-state index in [1.54, 1.807) is 0 Å². The maximum Gasteiger partial charge on any atom is 0.0610 e. The Morgan fingerprint density at radius 3 is 2.13 bits per heavy atom. The number of rotatable bonds is 8. The van der Waals surface area contributed by atoms with E-state index in [9.17, 15) is 0 Å². The van der Waals surface area contributed by atoms with E-state index in [1.165, 1.54) is 75.3 Å². The van der Waals surface area contributed by atoms with Gasteiger partial charge < -0.3 is 0 Å². The molecule has 0 spiro atoms. The van der Waals surface area contributed by atoms with E-state index in [2.05, 4.69) is 69.1 Å². The van der Waals surface area contributed by atoms with Gasteiger partial charge in [-0.15, -0.1) is 0 Å². The normalized spacial score (nSPS) is 21.2. The Kier molecular flexibility index (Phi) is 8.97. The van der Waals surface area contributed by atoms with Crippen LogP contribution in [0.4, 0.5) is 0 Å². The van der Waals surface area contributed by atoms with Crippen molar-refractivity contribution in [1.82, 2.24) is 0 Å². The number of benzene rings is 1. The SMILES string of the molecule is CCCCCC1CCC(CCc2ccc(C=C(Br)Br)cc2)CC1. The van der Waals surface area contributed by atoms with Gasteiger partial charge in [0.2, 0.25) is 0 Å². The van der Waals surface area contributed by atoms with Gasteiger partial charge in [0.05, 0.1) is 3.39 Å².